The normalized spacial score (nSPS) is 16.4. The monoisotopic (exact) mass is 388 g/mol. The molecule has 0 bridgehead atoms. The van der Waals surface area contributed by atoms with Crippen molar-refractivity contribution in [3.05, 3.63) is 0 Å². The number of nitrogens with two attached hydrogens (primary N) is 2. The predicted octanol–water partition coefficient (Wildman–Crippen LogP) is 1.31. The molecule has 26 heavy (non-hydrogen) atoms. The Balaban J connectivity index is 0.00000141. The highest BCUT2D eigenvalue weighted by atomic mass is 32.1. The average molecular weight is 389 g/mol. The Bertz CT molecular complexity index is 437. The van der Waals surface area contributed by atoms with Crippen LogP contribution in [0.5, 0.6) is 0 Å². The van der Waals surface area contributed by atoms with Crippen LogP contribution in [0, 0.1) is 11.8 Å². The minimum Gasteiger partial charge on any atom is -0.370 e. The lowest BCUT2D eigenvalue weighted by atomic mass is 10.1. The molecule has 0 radical (unpaired) electrons. The van der Waals surface area contributed by atoms with Crippen LogP contribution in [0.2, 0.25) is 0 Å². The van der Waals surface area contributed by atoms with Crippen molar-refractivity contribution in [2.24, 2.45) is 23.3 Å². The van der Waals surface area contributed by atoms with Gasteiger partial charge in [-0.05, 0) is 38.1 Å². The van der Waals surface area contributed by atoms with E-state index >= 15 is 0 Å². The van der Waals surface area contributed by atoms with E-state index in [4.69, 9.17) is 11.5 Å². The summed E-state index contributed by atoms with van der Waals surface area (Å²) in [4.78, 5) is 35.2. The van der Waals surface area contributed by atoms with Crippen molar-refractivity contribution in [2.75, 3.05) is 6.54 Å². The highest BCUT2D eigenvalue weighted by molar-refractivity contribution is 7.81. The van der Waals surface area contributed by atoms with Gasteiger partial charge in [0, 0.05) is 5.92 Å². The Morgan fingerprint density at radius 1 is 1.12 bits per heavy atom. The molecule has 3 amide bonds. The third kappa shape index (κ3) is 12.1. The highest BCUT2D eigenvalue weighted by Crippen LogP contribution is 2.24. The van der Waals surface area contributed by atoms with Gasteiger partial charge in [0.1, 0.15) is 6.04 Å². The van der Waals surface area contributed by atoms with Crippen molar-refractivity contribution >= 4 is 30.4 Å². The van der Waals surface area contributed by atoms with E-state index in [-0.39, 0.29) is 24.2 Å². The number of hydrogen-bond acceptors (Lipinski definition) is 5. The molecule has 1 saturated carbocycles. The zero-order valence-corrected chi connectivity index (χ0v) is 17.2. The largest absolute Gasteiger partial charge is 0.370 e. The Morgan fingerprint density at radius 2 is 1.65 bits per heavy atom. The van der Waals surface area contributed by atoms with E-state index in [9.17, 15) is 14.4 Å². The second-order valence-electron chi connectivity index (χ2n) is 7.40. The van der Waals surface area contributed by atoms with Gasteiger partial charge in [0.15, 0.2) is 0 Å². The number of thiol groups is 1. The number of carbonyl (C=O) groups is 3. The Morgan fingerprint density at radius 3 is 2.12 bits per heavy atom. The first-order chi connectivity index (χ1) is 12.2. The molecule has 152 valence electrons. The quantitative estimate of drug-likeness (QED) is 0.301. The maximum Gasteiger partial charge on any atom is 0.243 e. The SMILES string of the molecule is CC(C)C.NCCCC(NC(=O)C1CCCC1)C(=O)NC(S)CC(N)=O. The molecule has 0 saturated heterocycles. The Kier molecular flexibility index (Phi) is 13.2. The number of primary amides is 1. The van der Waals surface area contributed by atoms with Gasteiger partial charge in [0.05, 0.1) is 11.8 Å². The molecule has 6 N–H and O–H groups in total. The minimum atomic E-state index is -0.659. The number of nitrogens with one attached hydrogen (secondary N) is 2. The van der Waals surface area contributed by atoms with Crippen LogP contribution in [0.25, 0.3) is 0 Å². The fourth-order valence-electron chi connectivity index (χ4n) is 2.57. The van der Waals surface area contributed by atoms with E-state index < -0.39 is 17.3 Å². The summed E-state index contributed by atoms with van der Waals surface area (Å²) in [6.45, 7) is 6.94. The molecular formula is C18H36N4O3S. The zero-order chi connectivity index (χ0) is 20.1. The summed E-state index contributed by atoms with van der Waals surface area (Å²) in [7, 11) is 0. The van der Waals surface area contributed by atoms with Crippen LogP contribution in [0.4, 0.5) is 0 Å². The summed E-state index contributed by atoms with van der Waals surface area (Å²) in [5.74, 6) is -0.166. The van der Waals surface area contributed by atoms with Crippen LogP contribution in [-0.4, -0.2) is 35.7 Å². The number of carbonyl (C=O) groups excluding carboxylic acids is 3. The van der Waals surface area contributed by atoms with E-state index in [1.54, 1.807) is 0 Å². The fraction of sp³-hybridized carbons (Fsp3) is 0.833. The average Bonchev–Trinajstić information content (AvgIpc) is 3.04. The van der Waals surface area contributed by atoms with Crippen LogP contribution in [0.15, 0.2) is 0 Å². The molecule has 0 aromatic carbocycles. The first-order valence-electron chi connectivity index (χ1n) is 9.44. The van der Waals surface area contributed by atoms with Gasteiger partial charge >= 0.3 is 0 Å². The Labute approximate surface area is 162 Å². The molecule has 1 rings (SSSR count). The molecule has 0 spiro atoms. The van der Waals surface area contributed by atoms with Gasteiger partial charge in [0.25, 0.3) is 0 Å². The number of amides is 3. The molecule has 1 aliphatic rings. The maximum absolute atomic E-state index is 12.2. The molecule has 2 unspecified atom stereocenters. The zero-order valence-electron chi connectivity index (χ0n) is 16.3. The van der Waals surface area contributed by atoms with Gasteiger partial charge in [-0.2, -0.15) is 12.6 Å². The number of rotatable bonds is 9. The predicted molar refractivity (Wildman–Crippen MR) is 107 cm³/mol. The molecule has 2 atom stereocenters. The third-order valence-corrected chi connectivity index (χ3v) is 4.07. The third-order valence-electron chi connectivity index (χ3n) is 3.76. The second kappa shape index (κ2) is 13.9. The van der Waals surface area contributed by atoms with Crippen LogP contribution in [-0.2, 0) is 14.4 Å². The van der Waals surface area contributed by atoms with E-state index in [1.165, 1.54) is 0 Å². The summed E-state index contributed by atoms with van der Waals surface area (Å²) in [6, 6.07) is -0.654. The Hall–Kier alpha value is -1.28. The molecule has 0 aromatic heterocycles. The summed E-state index contributed by atoms with van der Waals surface area (Å²) in [5.41, 5.74) is 10.5. The molecule has 0 aromatic rings. The van der Waals surface area contributed by atoms with Gasteiger partial charge in [-0.25, -0.2) is 0 Å². The van der Waals surface area contributed by atoms with Gasteiger partial charge in [-0.3, -0.25) is 14.4 Å². The molecule has 7 nitrogen and oxygen atoms in total. The first-order valence-corrected chi connectivity index (χ1v) is 9.96. The topological polar surface area (TPSA) is 127 Å². The van der Waals surface area contributed by atoms with Crippen LogP contribution in [0.1, 0.15) is 65.7 Å². The summed E-state index contributed by atoms with van der Waals surface area (Å²) < 4.78 is 0. The van der Waals surface area contributed by atoms with Crippen molar-refractivity contribution < 1.29 is 14.4 Å². The fourth-order valence-corrected chi connectivity index (χ4v) is 2.88. The lowest BCUT2D eigenvalue weighted by Crippen LogP contribution is -2.50. The molecular weight excluding hydrogens is 352 g/mol. The van der Waals surface area contributed by atoms with Crippen molar-refractivity contribution in [1.29, 1.82) is 0 Å². The van der Waals surface area contributed by atoms with Crippen molar-refractivity contribution in [2.45, 2.75) is 77.1 Å². The maximum atomic E-state index is 12.2. The summed E-state index contributed by atoms with van der Waals surface area (Å²) in [5, 5.41) is 4.72. The van der Waals surface area contributed by atoms with Crippen molar-refractivity contribution in [1.82, 2.24) is 10.6 Å². The summed E-state index contributed by atoms with van der Waals surface area (Å²) >= 11 is 4.10. The van der Waals surface area contributed by atoms with Crippen molar-refractivity contribution in [3.8, 4) is 0 Å². The molecule has 0 aliphatic heterocycles. The summed E-state index contributed by atoms with van der Waals surface area (Å²) in [6.07, 6.45) is 4.86. The first kappa shape index (κ1) is 24.7. The lowest BCUT2D eigenvalue weighted by molar-refractivity contribution is -0.131. The minimum absolute atomic E-state index is 0.00871. The van der Waals surface area contributed by atoms with E-state index in [0.717, 1.165) is 31.6 Å². The molecule has 8 heteroatoms. The van der Waals surface area contributed by atoms with E-state index in [1.807, 2.05) is 0 Å². The number of hydrogen-bond donors (Lipinski definition) is 5. The molecule has 1 aliphatic carbocycles. The van der Waals surface area contributed by atoms with Crippen LogP contribution < -0.4 is 22.1 Å². The van der Waals surface area contributed by atoms with Gasteiger partial charge in [-0.1, -0.05) is 33.6 Å². The molecule has 1 fully saturated rings. The van der Waals surface area contributed by atoms with Gasteiger partial charge < -0.3 is 22.1 Å². The lowest BCUT2D eigenvalue weighted by Gasteiger charge is -2.22. The van der Waals surface area contributed by atoms with E-state index in [2.05, 4.69) is 44.0 Å². The molecule has 0 heterocycles. The second-order valence-corrected chi connectivity index (χ2v) is 8.02. The van der Waals surface area contributed by atoms with E-state index in [0.29, 0.717) is 19.4 Å². The van der Waals surface area contributed by atoms with Crippen molar-refractivity contribution in [3.63, 3.8) is 0 Å². The highest BCUT2D eigenvalue weighted by Gasteiger charge is 2.28. The van der Waals surface area contributed by atoms with Crippen LogP contribution >= 0.6 is 12.6 Å². The smallest absolute Gasteiger partial charge is 0.243 e. The van der Waals surface area contributed by atoms with Crippen LogP contribution in [0.3, 0.4) is 0 Å². The standard InChI is InChI=1S/C14H26N4O3S.C4H10/c15-7-3-6-10(14(21)18-12(22)8-11(16)19)17-13(20)9-4-1-2-5-9;1-4(2)3/h9-10,12,22H,1-8,15H2,(H2,16,19)(H,17,20)(H,18,21);4H,1-3H3. The van der Waals surface area contributed by atoms with Gasteiger partial charge in [-0.15, -0.1) is 0 Å². The van der Waals surface area contributed by atoms with Gasteiger partial charge in [0.2, 0.25) is 17.7 Å².